The minimum Gasteiger partial charge on any atom is -0.508 e. The number of aromatic hydroxyl groups is 1. The van der Waals surface area contributed by atoms with Crippen molar-refractivity contribution in [3.8, 4) is 5.75 Å². The Labute approximate surface area is 122 Å². The van der Waals surface area contributed by atoms with Gasteiger partial charge in [0.2, 0.25) is 5.91 Å². The van der Waals surface area contributed by atoms with E-state index in [1.165, 1.54) is 0 Å². The van der Waals surface area contributed by atoms with Crippen molar-refractivity contribution in [2.75, 3.05) is 5.32 Å². The van der Waals surface area contributed by atoms with Gasteiger partial charge in [0.1, 0.15) is 5.75 Å². The Bertz CT molecular complexity index is 461. The highest BCUT2D eigenvalue weighted by Gasteiger charge is 2.52. The SMILES string of the molecule is CC(C)(C)C(C)(C(=O)Nc1ccc(O)cc1)C(C)(C)C. The van der Waals surface area contributed by atoms with Crippen molar-refractivity contribution >= 4 is 11.6 Å². The monoisotopic (exact) mass is 277 g/mol. The van der Waals surface area contributed by atoms with Gasteiger partial charge < -0.3 is 10.4 Å². The van der Waals surface area contributed by atoms with Gasteiger partial charge in [0.25, 0.3) is 0 Å². The van der Waals surface area contributed by atoms with E-state index in [4.69, 9.17) is 0 Å². The molecule has 0 unspecified atom stereocenters. The van der Waals surface area contributed by atoms with E-state index in [2.05, 4.69) is 46.9 Å². The molecule has 3 heteroatoms. The van der Waals surface area contributed by atoms with E-state index in [0.717, 1.165) is 0 Å². The number of phenols is 1. The zero-order valence-electron chi connectivity index (χ0n) is 13.7. The van der Waals surface area contributed by atoms with E-state index in [0.29, 0.717) is 5.69 Å². The fourth-order valence-electron chi connectivity index (χ4n) is 2.61. The molecule has 0 aromatic heterocycles. The summed E-state index contributed by atoms with van der Waals surface area (Å²) in [6.07, 6.45) is 0. The highest BCUT2D eigenvalue weighted by atomic mass is 16.3. The Hall–Kier alpha value is -1.51. The Kier molecular flexibility index (Phi) is 4.23. The number of carbonyl (C=O) groups is 1. The Morgan fingerprint density at radius 3 is 1.65 bits per heavy atom. The Balaban J connectivity index is 3.11. The number of carbonyl (C=O) groups excluding carboxylic acids is 1. The summed E-state index contributed by atoms with van der Waals surface area (Å²) in [4.78, 5) is 12.8. The zero-order chi connectivity index (χ0) is 15.8. The van der Waals surface area contributed by atoms with Crippen LogP contribution in [0.4, 0.5) is 5.69 Å². The first-order valence-corrected chi connectivity index (χ1v) is 7.00. The molecule has 20 heavy (non-hydrogen) atoms. The van der Waals surface area contributed by atoms with Gasteiger partial charge in [-0.2, -0.15) is 0 Å². The van der Waals surface area contributed by atoms with Gasteiger partial charge in [-0.25, -0.2) is 0 Å². The summed E-state index contributed by atoms with van der Waals surface area (Å²) in [5, 5.41) is 12.3. The second-order valence-corrected chi connectivity index (χ2v) is 7.63. The minimum atomic E-state index is -0.530. The Morgan fingerprint density at radius 2 is 1.30 bits per heavy atom. The van der Waals surface area contributed by atoms with Crippen molar-refractivity contribution in [3.63, 3.8) is 0 Å². The molecule has 1 amide bonds. The van der Waals surface area contributed by atoms with Crippen LogP contribution in [0.1, 0.15) is 48.5 Å². The maximum atomic E-state index is 12.8. The fraction of sp³-hybridized carbons (Fsp3) is 0.588. The normalized spacial score (nSPS) is 13.2. The molecule has 0 spiro atoms. The summed E-state index contributed by atoms with van der Waals surface area (Å²) in [7, 11) is 0. The Morgan fingerprint density at radius 1 is 0.900 bits per heavy atom. The van der Waals surface area contributed by atoms with Gasteiger partial charge in [-0.3, -0.25) is 4.79 Å². The highest BCUT2D eigenvalue weighted by Crippen LogP contribution is 2.51. The van der Waals surface area contributed by atoms with Crippen molar-refractivity contribution in [3.05, 3.63) is 24.3 Å². The summed E-state index contributed by atoms with van der Waals surface area (Å²) in [5.41, 5.74) is -0.177. The highest BCUT2D eigenvalue weighted by molar-refractivity contribution is 5.96. The van der Waals surface area contributed by atoms with E-state index >= 15 is 0 Å². The molecule has 0 aliphatic heterocycles. The number of anilines is 1. The van der Waals surface area contributed by atoms with Crippen LogP contribution in [0.3, 0.4) is 0 Å². The van der Waals surface area contributed by atoms with Crippen LogP contribution in [0.5, 0.6) is 5.75 Å². The van der Waals surface area contributed by atoms with Crippen LogP contribution in [0.25, 0.3) is 0 Å². The molecule has 112 valence electrons. The van der Waals surface area contributed by atoms with Crippen LogP contribution < -0.4 is 5.32 Å². The molecule has 0 heterocycles. The van der Waals surface area contributed by atoms with Crippen LogP contribution >= 0.6 is 0 Å². The fourth-order valence-corrected chi connectivity index (χ4v) is 2.61. The van der Waals surface area contributed by atoms with Crippen LogP contribution in [0.2, 0.25) is 0 Å². The molecular weight excluding hydrogens is 250 g/mol. The number of hydrogen-bond donors (Lipinski definition) is 2. The summed E-state index contributed by atoms with van der Waals surface area (Å²) < 4.78 is 0. The zero-order valence-corrected chi connectivity index (χ0v) is 13.7. The third-order valence-corrected chi connectivity index (χ3v) is 4.58. The van der Waals surface area contributed by atoms with Gasteiger partial charge in [0.15, 0.2) is 0 Å². The van der Waals surface area contributed by atoms with E-state index in [1.54, 1.807) is 24.3 Å². The molecule has 2 N–H and O–H groups in total. The van der Waals surface area contributed by atoms with Gasteiger partial charge in [-0.05, 0) is 42.0 Å². The minimum absolute atomic E-state index is 0.00295. The van der Waals surface area contributed by atoms with Crippen molar-refractivity contribution in [2.24, 2.45) is 16.2 Å². The average molecular weight is 277 g/mol. The van der Waals surface area contributed by atoms with Gasteiger partial charge in [0.05, 0.1) is 5.41 Å². The molecule has 0 bridgehead atoms. The summed E-state index contributed by atoms with van der Waals surface area (Å²) in [6.45, 7) is 14.6. The molecule has 0 saturated heterocycles. The lowest BCUT2D eigenvalue weighted by molar-refractivity contribution is -0.140. The quantitative estimate of drug-likeness (QED) is 0.786. The molecule has 0 aliphatic carbocycles. The maximum Gasteiger partial charge on any atom is 0.231 e. The lowest BCUT2D eigenvalue weighted by atomic mass is 9.54. The van der Waals surface area contributed by atoms with E-state index in [-0.39, 0.29) is 22.5 Å². The number of nitrogens with one attached hydrogen (secondary N) is 1. The molecule has 0 atom stereocenters. The van der Waals surface area contributed by atoms with E-state index < -0.39 is 5.41 Å². The molecule has 0 aliphatic rings. The van der Waals surface area contributed by atoms with Crippen LogP contribution in [0, 0.1) is 16.2 Å². The summed E-state index contributed by atoms with van der Waals surface area (Å²) in [5.74, 6) is 0.195. The molecule has 0 saturated carbocycles. The van der Waals surface area contributed by atoms with Gasteiger partial charge in [0, 0.05) is 5.69 Å². The second kappa shape index (κ2) is 5.12. The first-order chi connectivity index (χ1) is 8.89. The standard InChI is InChI=1S/C17H27NO2/c1-15(2,3)17(7,16(4,5)6)14(20)18-12-8-10-13(19)11-9-12/h8-11,19H,1-7H3,(H,18,20). The van der Waals surface area contributed by atoms with Crippen molar-refractivity contribution in [2.45, 2.75) is 48.5 Å². The first-order valence-electron chi connectivity index (χ1n) is 7.00. The van der Waals surface area contributed by atoms with Gasteiger partial charge in [-0.15, -0.1) is 0 Å². The first kappa shape index (κ1) is 16.5. The van der Waals surface area contributed by atoms with Gasteiger partial charge in [-0.1, -0.05) is 41.5 Å². The van der Waals surface area contributed by atoms with Crippen LogP contribution in [0.15, 0.2) is 24.3 Å². The smallest absolute Gasteiger partial charge is 0.231 e. The molecule has 0 radical (unpaired) electrons. The van der Waals surface area contributed by atoms with E-state index in [1.807, 2.05) is 6.92 Å². The summed E-state index contributed by atoms with van der Waals surface area (Å²) >= 11 is 0. The number of hydrogen-bond acceptors (Lipinski definition) is 2. The van der Waals surface area contributed by atoms with Crippen LogP contribution in [-0.2, 0) is 4.79 Å². The van der Waals surface area contributed by atoms with Crippen LogP contribution in [-0.4, -0.2) is 11.0 Å². The van der Waals surface area contributed by atoms with Crippen molar-refractivity contribution in [1.82, 2.24) is 0 Å². The molecule has 3 nitrogen and oxygen atoms in total. The number of amides is 1. The number of rotatable bonds is 2. The molecular formula is C17H27NO2. The largest absolute Gasteiger partial charge is 0.508 e. The molecule has 1 aromatic carbocycles. The molecule has 1 rings (SSSR count). The van der Waals surface area contributed by atoms with E-state index in [9.17, 15) is 9.90 Å². The summed E-state index contributed by atoms with van der Waals surface area (Å²) in [6, 6.07) is 6.56. The predicted octanol–water partition coefficient (Wildman–Crippen LogP) is 4.43. The number of phenolic OH excluding ortho intramolecular Hbond substituents is 1. The van der Waals surface area contributed by atoms with Gasteiger partial charge >= 0.3 is 0 Å². The number of benzene rings is 1. The predicted molar refractivity (Wildman–Crippen MR) is 83.8 cm³/mol. The van der Waals surface area contributed by atoms with Crippen molar-refractivity contribution < 1.29 is 9.90 Å². The maximum absolute atomic E-state index is 12.8. The third-order valence-electron chi connectivity index (χ3n) is 4.58. The average Bonchev–Trinajstić information content (AvgIpc) is 2.28. The third kappa shape index (κ3) is 2.97. The molecule has 0 fully saturated rings. The lowest BCUT2D eigenvalue weighted by Crippen LogP contribution is -2.52. The lowest BCUT2D eigenvalue weighted by Gasteiger charge is -2.49. The second-order valence-electron chi connectivity index (χ2n) is 7.63. The van der Waals surface area contributed by atoms with Crippen molar-refractivity contribution in [1.29, 1.82) is 0 Å². The topological polar surface area (TPSA) is 49.3 Å². The molecule has 1 aromatic rings.